The van der Waals surface area contributed by atoms with E-state index in [4.69, 9.17) is 15.2 Å². The molecule has 1 aromatic rings. The lowest BCUT2D eigenvalue weighted by Gasteiger charge is -2.34. The molecular formula is C16H21N3O4. The third kappa shape index (κ3) is 2.89. The van der Waals surface area contributed by atoms with Crippen molar-refractivity contribution in [1.82, 2.24) is 0 Å². The number of carbonyl (C=O) groups excluding carboxylic acids is 2. The largest absolute Gasteiger partial charge is 0.482 e. The molecule has 2 amide bonds. The van der Waals surface area contributed by atoms with Gasteiger partial charge in [-0.1, -0.05) is 0 Å². The van der Waals surface area contributed by atoms with E-state index in [1.807, 2.05) is 0 Å². The first-order valence-electron chi connectivity index (χ1n) is 7.68. The van der Waals surface area contributed by atoms with Crippen LogP contribution >= 0.6 is 0 Å². The number of nitrogens with one attached hydrogen (secondary N) is 1. The molecule has 0 aliphatic carbocycles. The highest BCUT2D eigenvalue weighted by Crippen LogP contribution is 2.35. The molecule has 0 unspecified atom stereocenters. The summed E-state index contributed by atoms with van der Waals surface area (Å²) in [6, 6.07) is 5.27. The van der Waals surface area contributed by atoms with Crippen LogP contribution in [0.5, 0.6) is 5.75 Å². The quantitative estimate of drug-likeness (QED) is 0.857. The van der Waals surface area contributed by atoms with Gasteiger partial charge in [0.1, 0.15) is 5.75 Å². The minimum Gasteiger partial charge on any atom is -0.482 e. The molecule has 7 heteroatoms. The average molecular weight is 319 g/mol. The van der Waals surface area contributed by atoms with Gasteiger partial charge in [-0.3, -0.25) is 9.59 Å². The zero-order chi connectivity index (χ0) is 16.4. The van der Waals surface area contributed by atoms with Crippen LogP contribution in [0.4, 0.5) is 11.4 Å². The van der Waals surface area contributed by atoms with Crippen LogP contribution < -0.4 is 20.7 Å². The van der Waals surface area contributed by atoms with Gasteiger partial charge in [-0.15, -0.1) is 0 Å². The van der Waals surface area contributed by atoms with Crippen molar-refractivity contribution < 1.29 is 19.1 Å². The highest BCUT2D eigenvalue weighted by atomic mass is 16.5. The summed E-state index contributed by atoms with van der Waals surface area (Å²) in [4.78, 5) is 25.9. The number of amides is 2. The molecule has 1 fully saturated rings. The Morgan fingerprint density at radius 2 is 2.13 bits per heavy atom. The molecule has 2 heterocycles. The molecule has 0 radical (unpaired) electrons. The monoisotopic (exact) mass is 319 g/mol. The van der Waals surface area contributed by atoms with Crippen LogP contribution in [0.25, 0.3) is 0 Å². The summed E-state index contributed by atoms with van der Waals surface area (Å²) in [5.74, 6) is 0.405. The van der Waals surface area contributed by atoms with Gasteiger partial charge in [-0.25, -0.2) is 0 Å². The second-order valence-corrected chi connectivity index (χ2v) is 5.97. The Morgan fingerprint density at radius 3 is 2.83 bits per heavy atom. The van der Waals surface area contributed by atoms with Crippen molar-refractivity contribution >= 4 is 23.2 Å². The van der Waals surface area contributed by atoms with Crippen molar-refractivity contribution in [2.24, 2.45) is 11.1 Å². The van der Waals surface area contributed by atoms with E-state index >= 15 is 0 Å². The highest BCUT2D eigenvalue weighted by Gasteiger charge is 2.39. The molecule has 3 N–H and O–H groups in total. The molecule has 2 aliphatic heterocycles. The topological polar surface area (TPSA) is 93.9 Å². The van der Waals surface area contributed by atoms with Gasteiger partial charge in [0, 0.05) is 32.5 Å². The summed E-state index contributed by atoms with van der Waals surface area (Å²) < 4.78 is 10.7. The molecule has 3 rings (SSSR count). The lowest BCUT2D eigenvalue weighted by Crippen LogP contribution is -2.46. The van der Waals surface area contributed by atoms with Crippen LogP contribution in [0.3, 0.4) is 0 Å². The molecule has 1 aromatic carbocycles. The Balaban J connectivity index is 1.80. The number of ether oxygens (including phenoxy) is 2. The van der Waals surface area contributed by atoms with Crippen molar-refractivity contribution in [2.45, 2.75) is 12.8 Å². The van der Waals surface area contributed by atoms with E-state index in [1.54, 1.807) is 25.2 Å². The summed E-state index contributed by atoms with van der Waals surface area (Å²) >= 11 is 0. The van der Waals surface area contributed by atoms with Crippen LogP contribution in [-0.4, -0.2) is 45.2 Å². The van der Waals surface area contributed by atoms with Gasteiger partial charge in [0.2, 0.25) is 5.91 Å². The van der Waals surface area contributed by atoms with Gasteiger partial charge in [0.05, 0.1) is 11.1 Å². The van der Waals surface area contributed by atoms with Crippen LogP contribution in [-0.2, 0) is 14.3 Å². The third-order valence-electron chi connectivity index (χ3n) is 4.63. The molecule has 1 saturated heterocycles. The van der Waals surface area contributed by atoms with E-state index in [2.05, 4.69) is 5.32 Å². The van der Waals surface area contributed by atoms with Gasteiger partial charge >= 0.3 is 0 Å². The van der Waals surface area contributed by atoms with Gasteiger partial charge in [0.15, 0.2) is 6.61 Å². The fraction of sp³-hybridized carbons (Fsp3) is 0.500. The van der Waals surface area contributed by atoms with E-state index in [0.29, 0.717) is 43.2 Å². The molecule has 7 nitrogen and oxygen atoms in total. The Kier molecular flexibility index (Phi) is 4.23. The second-order valence-electron chi connectivity index (χ2n) is 5.97. The third-order valence-corrected chi connectivity index (χ3v) is 4.63. The molecule has 0 bridgehead atoms. The maximum atomic E-state index is 12.7. The van der Waals surface area contributed by atoms with Crippen LogP contribution in [0, 0.1) is 5.41 Å². The first-order valence-corrected chi connectivity index (χ1v) is 7.68. The number of nitrogens with two attached hydrogens (primary N) is 1. The molecule has 0 spiro atoms. The van der Waals surface area contributed by atoms with Gasteiger partial charge in [-0.2, -0.15) is 0 Å². The maximum Gasteiger partial charge on any atom is 0.264 e. The Hall–Kier alpha value is -2.12. The fourth-order valence-electron chi connectivity index (χ4n) is 2.90. The van der Waals surface area contributed by atoms with Gasteiger partial charge < -0.3 is 25.4 Å². The number of fused-ring (bicyclic) bond motifs is 1. The summed E-state index contributed by atoms with van der Waals surface area (Å²) in [5.41, 5.74) is 6.53. The van der Waals surface area contributed by atoms with Crippen molar-refractivity contribution in [1.29, 1.82) is 0 Å². The molecule has 0 saturated carbocycles. The predicted molar refractivity (Wildman–Crippen MR) is 85.5 cm³/mol. The Morgan fingerprint density at radius 1 is 1.39 bits per heavy atom. The summed E-state index contributed by atoms with van der Waals surface area (Å²) in [6.07, 6.45) is 1.23. The Bertz CT molecular complexity index is 626. The first kappa shape index (κ1) is 15.8. The molecule has 2 aliphatic rings. The number of nitrogens with zero attached hydrogens (tertiary/aromatic N) is 1. The second kappa shape index (κ2) is 6.17. The van der Waals surface area contributed by atoms with Gasteiger partial charge in [-0.05, 0) is 31.0 Å². The number of rotatable bonds is 3. The fourth-order valence-corrected chi connectivity index (χ4v) is 2.90. The maximum absolute atomic E-state index is 12.7. The van der Waals surface area contributed by atoms with Crippen molar-refractivity contribution in [2.75, 3.05) is 43.6 Å². The minimum absolute atomic E-state index is 0.0332. The van der Waals surface area contributed by atoms with Crippen molar-refractivity contribution in [3.8, 4) is 5.75 Å². The van der Waals surface area contributed by atoms with E-state index in [0.717, 1.165) is 0 Å². The summed E-state index contributed by atoms with van der Waals surface area (Å²) in [7, 11) is 1.69. The van der Waals surface area contributed by atoms with Crippen LogP contribution in [0.15, 0.2) is 18.2 Å². The molecule has 0 atom stereocenters. The summed E-state index contributed by atoms with van der Waals surface area (Å²) in [6.45, 7) is 1.40. The highest BCUT2D eigenvalue weighted by molar-refractivity contribution is 6.00. The molecule has 23 heavy (non-hydrogen) atoms. The molecule has 0 aromatic heterocycles. The molecule has 124 valence electrons. The SMILES string of the molecule is CN1C(=O)COc2ccc(NC(=O)C3(CN)CCOCC3)cc21. The van der Waals surface area contributed by atoms with E-state index < -0.39 is 5.41 Å². The number of likely N-dealkylation sites (N-methyl/N-ethyl adjacent to an activating group) is 1. The van der Waals surface area contributed by atoms with Crippen molar-refractivity contribution in [3.63, 3.8) is 0 Å². The number of benzene rings is 1. The van der Waals surface area contributed by atoms with E-state index in [-0.39, 0.29) is 25.0 Å². The predicted octanol–water partition coefficient (Wildman–Crippen LogP) is 0.736. The van der Waals surface area contributed by atoms with E-state index in [9.17, 15) is 9.59 Å². The number of hydrogen-bond donors (Lipinski definition) is 2. The standard InChI is InChI=1S/C16H21N3O4/c1-19-12-8-11(2-3-13(12)23-9-14(19)20)18-15(21)16(10-17)4-6-22-7-5-16/h2-3,8H,4-7,9-10,17H2,1H3,(H,18,21). The first-order chi connectivity index (χ1) is 11.1. The van der Waals surface area contributed by atoms with Crippen molar-refractivity contribution in [3.05, 3.63) is 18.2 Å². The minimum atomic E-state index is -0.591. The zero-order valence-electron chi connectivity index (χ0n) is 13.1. The lowest BCUT2D eigenvalue weighted by molar-refractivity contribution is -0.130. The van der Waals surface area contributed by atoms with Crippen LogP contribution in [0.2, 0.25) is 0 Å². The van der Waals surface area contributed by atoms with Gasteiger partial charge in [0.25, 0.3) is 5.91 Å². The smallest absolute Gasteiger partial charge is 0.264 e. The number of anilines is 2. The lowest BCUT2D eigenvalue weighted by atomic mass is 9.79. The normalized spacial score (nSPS) is 19.7. The van der Waals surface area contributed by atoms with E-state index in [1.165, 1.54) is 4.90 Å². The Labute approximate surface area is 134 Å². The number of hydrogen-bond acceptors (Lipinski definition) is 5. The average Bonchev–Trinajstić information content (AvgIpc) is 2.59. The zero-order valence-corrected chi connectivity index (χ0v) is 13.1. The summed E-state index contributed by atoms with van der Waals surface area (Å²) in [5, 5.41) is 2.92. The molecular weight excluding hydrogens is 298 g/mol. The number of carbonyl (C=O) groups is 2. The van der Waals surface area contributed by atoms with Crippen LogP contribution in [0.1, 0.15) is 12.8 Å².